The number of rotatable bonds is 4. The van der Waals surface area contributed by atoms with E-state index in [1.807, 2.05) is 0 Å². The predicted molar refractivity (Wildman–Crippen MR) is 70.5 cm³/mol. The summed E-state index contributed by atoms with van der Waals surface area (Å²) in [5.74, 6) is -0.175. The first-order chi connectivity index (χ1) is 8.60. The average Bonchev–Trinajstić information content (AvgIpc) is 2.86. The fourth-order valence-corrected chi connectivity index (χ4v) is 3.81. The second kappa shape index (κ2) is 4.33. The summed E-state index contributed by atoms with van der Waals surface area (Å²) < 4.78 is 0. The van der Waals surface area contributed by atoms with E-state index in [1.54, 1.807) is 11.3 Å². The van der Waals surface area contributed by atoms with Gasteiger partial charge >= 0.3 is 5.97 Å². The van der Waals surface area contributed by atoms with E-state index < -0.39 is 11.5 Å². The molecule has 1 aliphatic carbocycles. The van der Waals surface area contributed by atoms with Crippen LogP contribution in [0.5, 0.6) is 0 Å². The molecule has 0 amide bonds. The van der Waals surface area contributed by atoms with Gasteiger partial charge in [0.25, 0.3) is 0 Å². The van der Waals surface area contributed by atoms with Crippen molar-refractivity contribution in [2.75, 3.05) is 13.1 Å². The Morgan fingerprint density at radius 1 is 1.61 bits per heavy atom. The van der Waals surface area contributed by atoms with E-state index in [-0.39, 0.29) is 0 Å². The van der Waals surface area contributed by atoms with Gasteiger partial charge in [-0.15, -0.1) is 11.3 Å². The molecule has 2 aliphatic rings. The van der Waals surface area contributed by atoms with Crippen LogP contribution in [0.4, 0.5) is 0 Å². The number of hydrogen-bond donors (Lipinski definition) is 2. The van der Waals surface area contributed by atoms with Gasteiger partial charge in [-0.1, -0.05) is 6.07 Å². The van der Waals surface area contributed by atoms with E-state index in [2.05, 4.69) is 22.4 Å². The Morgan fingerprint density at radius 3 is 2.89 bits per heavy atom. The second-order valence-corrected chi connectivity index (χ2v) is 6.46. The summed E-state index contributed by atoms with van der Waals surface area (Å²) >= 11 is 1.76. The minimum absolute atomic E-state index is 0.384. The summed E-state index contributed by atoms with van der Waals surface area (Å²) in [7, 11) is 0. The SMILES string of the molecule is NC1(C(=O)O)CCN(C(c2cccs2)C2CC2)C1. The summed E-state index contributed by atoms with van der Waals surface area (Å²) in [6, 6.07) is 4.61. The Morgan fingerprint density at radius 2 is 2.39 bits per heavy atom. The largest absolute Gasteiger partial charge is 0.480 e. The van der Waals surface area contributed by atoms with Crippen molar-refractivity contribution in [2.24, 2.45) is 11.7 Å². The Hall–Kier alpha value is -0.910. The van der Waals surface area contributed by atoms with Crippen LogP contribution in [0.15, 0.2) is 17.5 Å². The van der Waals surface area contributed by atoms with Crippen LogP contribution in [-0.2, 0) is 4.79 Å². The number of nitrogens with two attached hydrogens (primary N) is 1. The maximum absolute atomic E-state index is 11.2. The molecular weight excluding hydrogens is 248 g/mol. The van der Waals surface area contributed by atoms with Crippen molar-refractivity contribution in [1.82, 2.24) is 4.90 Å². The van der Waals surface area contributed by atoms with Crippen LogP contribution < -0.4 is 5.73 Å². The fraction of sp³-hybridized carbons (Fsp3) is 0.615. The molecule has 1 aliphatic heterocycles. The Kier molecular flexibility index (Phi) is 2.92. The minimum Gasteiger partial charge on any atom is -0.480 e. The fourth-order valence-electron chi connectivity index (χ4n) is 2.86. The molecule has 2 unspecified atom stereocenters. The molecule has 98 valence electrons. The zero-order valence-corrected chi connectivity index (χ0v) is 11.0. The van der Waals surface area contributed by atoms with Crippen molar-refractivity contribution in [2.45, 2.75) is 30.8 Å². The number of likely N-dealkylation sites (tertiary alicyclic amines) is 1. The zero-order chi connectivity index (χ0) is 12.8. The third kappa shape index (κ3) is 2.06. The minimum atomic E-state index is -1.05. The molecule has 3 rings (SSSR count). The van der Waals surface area contributed by atoms with Crippen LogP contribution in [0, 0.1) is 5.92 Å². The topological polar surface area (TPSA) is 66.6 Å². The van der Waals surface area contributed by atoms with Crippen molar-refractivity contribution < 1.29 is 9.90 Å². The second-order valence-electron chi connectivity index (χ2n) is 5.48. The summed E-state index contributed by atoms with van der Waals surface area (Å²) in [4.78, 5) is 14.8. The summed E-state index contributed by atoms with van der Waals surface area (Å²) in [6.07, 6.45) is 3.06. The van der Waals surface area contributed by atoms with Crippen molar-refractivity contribution in [3.05, 3.63) is 22.4 Å². The number of aliphatic carboxylic acids is 1. The number of hydrogen-bond acceptors (Lipinski definition) is 4. The van der Waals surface area contributed by atoms with E-state index in [9.17, 15) is 9.90 Å². The molecule has 0 aromatic carbocycles. The van der Waals surface area contributed by atoms with Gasteiger partial charge in [-0.25, -0.2) is 0 Å². The lowest BCUT2D eigenvalue weighted by Crippen LogP contribution is -2.50. The Balaban J connectivity index is 1.79. The Labute approximate surface area is 110 Å². The van der Waals surface area contributed by atoms with Crippen LogP contribution in [-0.4, -0.2) is 34.6 Å². The molecule has 1 saturated heterocycles. The highest BCUT2D eigenvalue weighted by atomic mass is 32.1. The first kappa shape index (κ1) is 12.1. The maximum Gasteiger partial charge on any atom is 0.325 e. The summed E-state index contributed by atoms with van der Waals surface area (Å²) in [5, 5.41) is 11.3. The third-order valence-electron chi connectivity index (χ3n) is 4.05. The molecule has 1 aromatic heterocycles. The standard InChI is InChI=1S/C13H18N2O2S/c14-13(12(16)17)5-6-15(8-13)11(9-3-4-9)10-2-1-7-18-10/h1-2,7,9,11H,3-6,8,14H2,(H,16,17). The monoisotopic (exact) mass is 266 g/mol. The van der Waals surface area contributed by atoms with Crippen molar-refractivity contribution in [1.29, 1.82) is 0 Å². The smallest absolute Gasteiger partial charge is 0.325 e. The summed E-state index contributed by atoms with van der Waals surface area (Å²) in [5.41, 5.74) is 4.92. The zero-order valence-electron chi connectivity index (χ0n) is 10.2. The van der Waals surface area contributed by atoms with E-state index in [0.717, 1.165) is 6.54 Å². The van der Waals surface area contributed by atoms with Gasteiger partial charge in [0.1, 0.15) is 5.54 Å². The molecule has 2 atom stereocenters. The van der Waals surface area contributed by atoms with Gasteiger partial charge in [0.05, 0.1) is 0 Å². The van der Waals surface area contributed by atoms with Gasteiger partial charge in [-0.05, 0) is 36.6 Å². The van der Waals surface area contributed by atoms with E-state index in [0.29, 0.717) is 24.9 Å². The van der Waals surface area contributed by atoms with Crippen LogP contribution in [0.2, 0.25) is 0 Å². The average molecular weight is 266 g/mol. The van der Waals surface area contributed by atoms with Crippen LogP contribution in [0.1, 0.15) is 30.2 Å². The molecule has 5 heteroatoms. The lowest BCUT2D eigenvalue weighted by molar-refractivity contribution is -0.142. The number of nitrogens with zero attached hydrogens (tertiary/aromatic N) is 1. The molecule has 1 aromatic rings. The van der Waals surface area contributed by atoms with Gasteiger partial charge in [-0.3, -0.25) is 9.69 Å². The van der Waals surface area contributed by atoms with E-state index in [4.69, 9.17) is 5.73 Å². The van der Waals surface area contributed by atoms with Gasteiger partial charge in [-0.2, -0.15) is 0 Å². The van der Waals surface area contributed by atoms with Crippen LogP contribution in [0.3, 0.4) is 0 Å². The van der Waals surface area contributed by atoms with E-state index in [1.165, 1.54) is 17.7 Å². The first-order valence-corrected chi connectivity index (χ1v) is 7.28. The molecule has 18 heavy (non-hydrogen) atoms. The van der Waals surface area contributed by atoms with Crippen molar-refractivity contribution in [3.8, 4) is 0 Å². The first-order valence-electron chi connectivity index (χ1n) is 6.40. The third-order valence-corrected chi connectivity index (χ3v) is 5.00. The van der Waals surface area contributed by atoms with Crippen molar-refractivity contribution in [3.63, 3.8) is 0 Å². The number of carboxylic acid groups (broad SMARTS) is 1. The highest BCUT2D eigenvalue weighted by Gasteiger charge is 2.47. The molecule has 1 saturated carbocycles. The van der Waals surface area contributed by atoms with Gasteiger partial charge < -0.3 is 10.8 Å². The molecule has 2 fully saturated rings. The molecule has 0 radical (unpaired) electrons. The van der Waals surface area contributed by atoms with Gasteiger partial charge in [0, 0.05) is 24.0 Å². The lowest BCUT2D eigenvalue weighted by atomic mass is 10.0. The maximum atomic E-state index is 11.2. The molecule has 2 heterocycles. The van der Waals surface area contributed by atoms with Gasteiger partial charge in [0.2, 0.25) is 0 Å². The Bertz CT molecular complexity index is 444. The molecule has 4 nitrogen and oxygen atoms in total. The van der Waals surface area contributed by atoms with E-state index >= 15 is 0 Å². The molecule has 3 N–H and O–H groups in total. The molecule has 0 bridgehead atoms. The lowest BCUT2D eigenvalue weighted by Gasteiger charge is -2.28. The van der Waals surface area contributed by atoms with Crippen LogP contribution in [0.25, 0.3) is 0 Å². The predicted octanol–water partition coefficient (Wildman–Crippen LogP) is 1.69. The number of thiophene rings is 1. The molecule has 0 spiro atoms. The molecular formula is C13H18N2O2S. The quantitative estimate of drug-likeness (QED) is 0.870. The highest BCUT2D eigenvalue weighted by molar-refractivity contribution is 7.10. The number of carbonyl (C=O) groups is 1. The normalized spacial score (nSPS) is 30.5. The summed E-state index contributed by atoms with van der Waals surface area (Å²) in [6.45, 7) is 1.27. The van der Waals surface area contributed by atoms with Crippen molar-refractivity contribution >= 4 is 17.3 Å². The van der Waals surface area contributed by atoms with Crippen LogP contribution >= 0.6 is 11.3 Å². The number of carboxylic acids is 1. The highest BCUT2D eigenvalue weighted by Crippen LogP contribution is 2.47. The van der Waals surface area contributed by atoms with Gasteiger partial charge in [0.15, 0.2) is 0 Å².